The lowest BCUT2D eigenvalue weighted by Crippen LogP contribution is -2.31. The SMILES string of the molecule is COc1cc([C@@H]2C(C(=O)c3cc4ccccc4o3)=C(O)C(=O)N2c2nc(C)c(C(C)=O)s2)cc(Br)c1O. The molecule has 2 aromatic heterocycles. The molecule has 0 unspecified atom stereocenters. The van der Waals surface area contributed by atoms with Gasteiger partial charge in [0.15, 0.2) is 33.9 Å². The maximum Gasteiger partial charge on any atom is 0.296 e. The molecule has 0 saturated heterocycles. The Morgan fingerprint density at radius 3 is 2.57 bits per heavy atom. The van der Waals surface area contributed by atoms with Crippen LogP contribution in [0, 0.1) is 6.92 Å². The number of aromatic hydroxyl groups is 1. The monoisotopic (exact) mass is 582 g/mol. The van der Waals surface area contributed by atoms with Crippen LogP contribution in [0.3, 0.4) is 0 Å². The molecule has 0 saturated carbocycles. The van der Waals surface area contributed by atoms with Crippen molar-refractivity contribution in [2.75, 3.05) is 12.0 Å². The zero-order chi connectivity index (χ0) is 26.6. The number of halogens is 1. The van der Waals surface area contributed by atoms with Crippen molar-refractivity contribution in [2.24, 2.45) is 0 Å². The smallest absolute Gasteiger partial charge is 0.296 e. The lowest BCUT2D eigenvalue weighted by atomic mass is 9.95. The molecule has 11 heteroatoms. The summed E-state index contributed by atoms with van der Waals surface area (Å²) in [6, 6.07) is 10.4. The number of ketones is 2. The fraction of sp³-hybridized carbons (Fsp3) is 0.154. The molecule has 0 aliphatic carbocycles. The third-order valence-electron chi connectivity index (χ3n) is 6.00. The number of phenolic OH excluding ortho intramolecular Hbond substituents is 1. The van der Waals surface area contributed by atoms with Gasteiger partial charge in [0.05, 0.1) is 33.8 Å². The van der Waals surface area contributed by atoms with E-state index < -0.39 is 23.5 Å². The van der Waals surface area contributed by atoms with Gasteiger partial charge in [0.1, 0.15) is 5.58 Å². The molecule has 0 spiro atoms. The maximum absolute atomic E-state index is 13.8. The summed E-state index contributed by atoms with van der Waals surface area (Å²) in [5.74, 6) is -2.71. The maximum atomic E-state index is 13.8. The van der Waals surface area contributed by atoms with Gasteiger partial charge in [-0.15, -0.1) is 0 Å². The van der Waals surface area contributed by atoms with Gasteiger partial charge >= 0.3 is 0 Å². The first-order valence-electron chi connectivity index (χ1n) is 11.0. The van der Waals surface area contributed by atoms with Crippen molar-refractivity contribution in [2.45, 2.75) is 19.9 Å². The summed E-state index contributed by atoms with van der Waals surface area (Å²) in [5, 5.41) is 22.2. The van der Waals surface area contributed by atoms with E-state index in [0.29, 0.717) is 27.1 Å². The predicted molar refractivity (Wildman–Crippen MR) is 140 cm³/mol. The molecule has 37 heavy (non-hydrogen) atoms. The van der Waals surface area contributed by atoms with Crippen molar-refractivity contribution in [1.29, 1.82) is 0 Å². The van der Waals surface area contributed by atoms with Crippen molar-refractivity contribution < 1.29 is 33.8 Å². The fourth-order valence-electron chi connectivity index (χ4n) is 4.30. The number of aryl methyl sites for hydroxylation is 1. The van der Waals surface area contributed by atoms with E-state index in [1.807, 2.05) is 0 Å². The van der Waals surface area contributed by atoms with E-state index in [4.69, 9.17) is 9.15 Å². The number of nitrogens with zero attached hydrogens (tertiary/aromatic N) is 2. The molecular weight excluding hydrogens is 564 g/mol. The third kappa shape index (κ3) is 4.00. The first-order valence-corrected chi connectivity index (χ1v) is 12.6. The van der Waals surface area contributed by atoms with E-state index in [-0.39, 0.29) is 38.2 Å². The topological polar surface area (TPSA) is 130 Å². The minimum Gasteiger partial charge on any atom is -0.503 e. The number of Topliss-reactive ketones (excluding diaryl/α,β-unsaturated/α-hetero) is 2. The van der Waals surface area contributed by atoms with Gasteiger partial charge in [-0.3, -0.25) is 19.3 Å². The highest BCUT2D eigenvalue weighted by atomic mass is 79.9. The fourth-order valence-corrected chi connectivity index (χ4v) is 5.74. The number of furan rings is 1. The molecule has 9 nitrogen and oxygen atoms in total. The number of anilines is 1. The average Bonchev–Trinajstić information content (AvgIpc) is 3.54. The van der Waals surface area contributed by atoms with Crippen molar-refractivity contribution >= 4 is 60.8 Å². The highest BCUT2D eigenvalue weighted by Crippen LogP contribution is 2.47. The summed E-state index contributed by atoms with van der Waals surface area (Å²) < 4.78 is 11.3. The molecule has 2 aromatic carbocycles. The van der Waals surface area contributed by atoms with Gasteiger partial charge in [-0.1, -0.05) is 29.5 Å². The Kier molecular flexibility index (Phi) is 6.12. The zero-order valence-electron chi connectivity index (χ0n) is 19.7. The molecular formula is C26H19BrN2O7S. The van der Waals surface area contributed by atoms with E-state index in [2.05, 4.69) is 20.9 Å². The molecule has 1 aliphatic rings. The number of amides is 1. The number of hydrogen-bond acceptors (Lipinski definition) is 9. The number of carbonyl (C=O) groups excluding carboxylic acids is 3. The Balaban J connectivity index is 1.72. The van der Waals surface area contributed by atoms with Crippen LogP contribution >= 0.6 is 27.3 Å². The standard InChI is InChI=1S/C26H19BrN2O7S/c1-11-24(12(2)30)37-26(28-11)29-20(14-8-15(27)21(31)17(10-14)35-3)19(23(33)25(29)34)22(32)18-9-13-6-4-5-7-16(13)36-18/h4-10,20,31,33H,1-3H3/t20-/m1/s1. The van der Waals surface area contributed by atoms with Gasteiger partial charge in [-0.2, -0.15) is 0 Å². The van der Waals surface area contributed by atoms with Crippen LogP contribution in [0.25, 0.3) is 11.0 Å². The van der Waals surface area contributed by atoms with Crippen LogP contribution < -0.4 is 9.64 Å². The zero-order valence-corrected chi connectivity index (χ0v) is 22.1. The Morgan fingerprint density at radius 1 is 1.19 bits per heavy atom. The summed E-state index contributed by atoms with van der Waals surface area (Å²) in [7, 11) is 1.36. The van der Waals surface area contributed by atoms with Crippen molar-refractivity contribution in [1.82, 2.24) is 4.98 Å². The quantitative estimate of drug-likeness (QED) is 0.278. The van der Waals surface area contributed by atoms with Gasteiger partial charge in [-0.05, 0) is 52.7 Å². The molecule has 2 N–H and O–H groups in total. The van der Waals surface area contributed by atoms with Crippen LogP contribution in [-0.4, -0.2) is 39.8 Å². The number of para-hydroxylation sites is 1. The van der Waals surface area contributed by atoms with Crippen LogP contribution in [0.1, 0.15) is 44.4 Å². The molecule has 1 aliphatic heterocycles. The second-order valence-electron chi connectivity index (χ2n) is 8.34. The molecule has 3 heterocycles. The van der Waals surface area contributed by atoms with Crippen LogP contribution in [0.2, 0.25) is 0 Å². The number of methoxy groups -OCH3 is 1. The summed E-state index contributed by atoms with van der Waals surface area (Å²) >= 11 is 4.26. The predicted octanol–water partition coefficient (Wildman–Crippen LogP) is 5.66. The molecule has 5 rings (SSSR count). The van der Waals surface area contributed by atoms with Crippen LogP contribution in [0.15, 0.2) is 62.7 Å². The van der Waals surface area contributed by atoms with E-state index in [1.54, 1.807) is 31.2 Å². The molecule has 0 radical (unpaired) electrons. The highest BCUT2D eigenvalue weighted by molar-refractivity contribution is 9.10. The van der Waals surface area contributed by atoms with E-state index in [0.717, 1.165) is 16.2 Å². The Hall–Kier alpha value is -3.96. The number of aromatic nitrogens is 1. The number of benzene rings is 2. The van der Waals surface area contributed by atoms with Crippen LogP contribution in [0.5, 0.6) is 11.5 Å². The summed E-state index contributed by atoms with van der Waals surface area (Å²) in [4.78, 5) is 45.2. The van der Waals surface area contributed by atoms with Crippen molar-refractivity contribution in [3.8, 4) is 11.5 Å². The number of thiazole rings is 1. The number of phenols is 1. The molecule has 1 atom stereocenters. The molecule has 0 bridgehead atoms. The Morgan fingerprint density at radius 2 is 1.92 bits per heavy atom. The molecule has 188 valence electrons. The van der Waals surface area contributed by atoms with Gasteiger partial charge < -0.3 is 19.4 Å². The van der Waals surface area contributed by atoms with E-state index in [9.17, 15) is 24.6 Å². The van der Waals surface area contributed by atoms with Crippen LogP contribution in [-0.2, 0) is 4.79 Å². The normalized spacial score (nSPS) is 15.6. The molecule has 4 aromatic rings. The van der Waals surface area contributed by atoms with E-state index >= 15 is 0 Å². The van der Waals surface area contributed by atoms with Gasteiger partial charge in [0, 0.05) is 12.3 Å². The number of ether oxygens (including phenoxy) is 1. The lowest BCUT2D eigenvalue weighted by molar-refractivity contribution is -0.117. The van der Waals surface area contributed by atoms with Crippen molar-refractivity contribution in [3.05, 3.63) is 80.2 Å². The number of aliphatic hydroxyl groups excluding tert-OH is 1. The summed E-state index contributed by atoms with van der Waals surface area (Å²) in [5.41, 5.74) is 0.996. The summed E-state index contributed by atoms with van der Waals surface area (Å²) in [6.45, 7) is 3.03. The largest absolute Gasteiger partial charge is 0.503 e. The number of fused-ring (bicyclic) bond motifs is 1. The minimum absolute atomic E-state index is 0.0630. The van der Waals surface area contributed by atoms with Crippen LogP contribution in [0.4, 0.5) is 5.13 Å². The second kappa shape index (κ2) is 9.16. The number of aliphatic hydroxyl groups is 1. The Labute approximate surface area is 222 Å². The lowest BCUT2D eigenvalue weighted by Gasteiger charge is -2.25. The first-order chi connectivity index (χ1) is 17.6. The summed E-state index contributed by atoms with van der Waals surface area (Å²) in [6.07, 6.45) is 0. The van der Waals surface area contributed by atoms with Crippen molar-refractivity contribution in [3.63, 3.8) is 0 Å². The van der Waals surface area contributed by atoms with E-state index in [1.165, 1.54) is 32.2 Å². The number of rotatable bonds is 6. The average molecular weight is 583 g/mol. The number of carbonyl (C=O) groups is 3. The highest BCUT2D eigenvalue weighted by Gasteiger charge is 2.47. The first kappa shape index (κ1) is 24.7. The number of hydrogen-bond donors (Lipinski definition) is 2. The van der Waals surface area contributed by atoms with Gasteiger partial charge in [0.2, 0.25) is 5.78 Å². The van der Waals surface area contributed by atoms with Gasteiger partial charge in [0.25, 0.3) is 5.91 Å². The molecule has 1 amide bonds. The third-order valence-corrected chi connectivity index (χ3v) is 7.86. The Bertz CT molecular complexity index is 1620. The molecule has 0 fully saturated rings. The van der Waals surface area contributed by atoms with Gasteiger partial charge in [-0.25, -0.2) is 4.98 Å². The second-order valence-corrected chi connectivity index (χ2v) is 10.2. The minimum atomic E-state index is -1.16.